The zero-order chi connectivity index (χ0) is 20.2. The SMILES string of the molecule is O=C(OCC(=O)N1c2ccccc2SC[C@@H]1c1ccccc1)c1ccc(F)cc1. The van der Waals surface area contributed by atoms with Gasteiger partial charge in [0, 0.05) is 10.6 Å². The molecule has 0 bridgehead atoms. The van der Waals surface area contributed by atoms with Crippen molar-refractivity contribution < 1.29 is 18.7 Å². The van der Waals surface area contributed by atoms with Crippen molar-refractivity contribution in [2.45, 2.75) is 10.9 Å². The largest absolute Gasteiger partial charge is 0.452 e. The lowest BCUT2D eigenvalue weighted by Crippen LogP contribution is -2.41. The minimum atomic E-state index is -0.658. The van der Waals surface area contributed by atoms with Crippen LogP contribution in [-0.2, 0) is 9.53 Å². The number of rotatable bonds is 4. The Morgan fingerprint density at radius 1 is 0.966 bits per heavy atom. The molecular formula is C23H18FNO3S. The highest BCUT2D eigenvalue weighted by atomic mass is 32.2. The monoisotopic (exact) mass is 407 g/mol. The van der Waals surface area contributed by atoms with Crippen LogP contribution < -0.4 is 4.90 Å². The maximum absolute atomic E-state index is 13.1. The number of carbonyl (C=O) groups excluding carboxylic acids is 2. The Bertz CT molecular complexity index is 1020. The number of esters is 1. The molecule has 1 heterocycles. The van der Waals surface area contributed by atoms with Crippen LogP contribution in [0.15, 0.2) is 83.8 Å². The van der Waals surface area contributed by atoms with Gasteiger partial charge in [0.25, 0.3) is 5.91 Å². The molecule has 0 fully saturated rings. The maximum atomic E-state index is 13.1. The van der Waals surface area contributed by atoms with Crippen molar-refractivity contribution in [1.82, 2.24) is 0 Å². The fraction of sp³-hybridized carbons (Fsp3) is 0.130. The van der Waals surface area contributed by atoms with Crippen LogP contribution in [0.4, 0.5) is 10.1 Å². The van der Waals surface area contributed by atoms with Gasteiger partial charge in [-0.2, -0.15) is 0 Å². The molecule has 0 aliphatic carbocycles. The third-order valence-electron chi connectivity index (χ3n) is 4.69. The molecule has 0 aromatic heterocycles. The predicted molar refractivity (Wildman–Crippen MR) is 111 cm³/mol. The number of fused-ring (bicyclic) bond motifs is 1. The van der Waals surface area contributed by atoms with Gasteiger partial charge in [0.2, 0.25) is 0 Å². The van der Waals surface area contributed by atoms with E-state index in [9.17, 15) is 14.0 Å². The molecule has 0 N–H and O–H groups in total. The summed E-state index contributed by atoms with van der Waals surface area (Å²) in [6.45, 7) is -0.390. The fourth-order valence-electron chi connectivity index (χ4n) is 3.28. The Morgan fingerprint density at radius 2 is 1.66 bits per heavy atom. The lowest BCUT2D eigenvalue weighted by Gasteiger charge is -2.37. The quantitative estimate of drug-likeness (QED) is 0.580. The van der Waals surface area contributed by atoms with Gasteiger partial charge in [-0.25, -0.2) is 9.18 Å². The van der Waals surface area contributed by atoms with Crippen LogP contribution in [0.3, 0.4) is 0 Å². The molecule has 4 rings (SSSR count). The molecule has 1 atom stereocenters. The second kappa shape index (κ2) is 8.49. The van der Waals surface area contributed by atoms with Gasteiger partial charge in [0.1, 0.15) is 5.82 Å². The average molecular weight is 407 g/mol. The van der Waals surface area contributed by atoms with E-state index in [1.54, 1.807) is 16.7 Å². The molecule has 0 saturated carbocycles. The molecule has 1 amide bonds. The number of ether oxygens (including phenoxy) is 1. The predicted octanol–water partition coefficient (Wildman–Crippen LogP) is 4.86. The summed E-state index contributed by atoms with van der Waals surface area (Å²) >= 11 is 1.70. The Kier molecular flexibility index (Phi) is 5.62. The van der Waals surface area contributed by atoms with Crippen molar-refractivity contribution in [3.8, 4) is 0 Å². The minimum Gasteiger partial charge on any atom is -0.452 e. The molecule has 1 aliphatic heterocycles. The summed E-state index contributed by atoms with van der Waals surface area (Å²) in [6, 6.07) is 22.4. The van der Waals surface area contributed by atoms with Crippen molar-refractivity contribution >= 4 is 29.3 Å². The van der Waals surface area contributed by atoms with Crippen LogP contribution in [0.5, 0.6) is 0 Å². The Labute approximate surface area is 172 Å². The van der Waals surface area contributed by atoms with E-state index in [1.165, 1.54) is 24.3 Å². The average Bonchev–Trinajstić information content (AvgIpc) is 2.77. The number of nitrogens with zero attached hydrogens (tertiary/aromatic N) is 1. The van der Waals surface area contributed by atoms with Gasteiger partial charge >= 0.3 is 5.97 Å². The second-order valence-corrected chi connectivity index (χ2v) is 7.61. The van der Waals surface area contributed by atoms with E-state index in [4.69, 9.17) is 4.74 Å². The zero-order valence-corrected chi connectivity index (χ0v) is 16.3. The molecule has 3 aromatic rings. The van der Waals surface area contributed by atoms with E-state index in [-0.39, 0.29) is 17.5 Å². The van der Waals surface area contributed by atoms with Gasteiger partial charge in [-0.3, -0.25) is 9.69 Å². The summed E-state index contributed by atoms with van der Waals surface area (Å²) in [4.78, 5) is 28.1. The summed E-state index contributed by atoms with van der Waals surface area (Å²) in [7, 11) is 0. The molecule has 0 radical (unpaired) electrons. The first kappa shape index (κ1) is 19.2. The summed E-state index contributed by atoms with van der Waals surface area (Å²) in [5, 5.41) is 0. The second-order valence-electron chi connectivity index (χ2n) is 6.55. The number of benzene rings is 3. The van der Waals surface area contributed by atoms with Gasteiger partial charge in [0.15, 0.2) is 6.61 Å². The van der Waals surface area contributed by atoms with Crippen molar-refractivity contribution in [2.75, 3.05) is 17.3 Å². The number of anilines is 1. The number of hydrogen-bond donors (Lipinski definition) is 0. The van der Waals surface area contributed by atoms with Crippen LogP contribution in [0.25, 0.3) is 0 Å². The van der Waals surface area contributed by atoms with Crippen molar-refractivity contribution in [3.63, 3.8) is 0 Å². The Morgan fingerprint density at radius 3 is 2.41 bits per heavy atom. The maximum Gasteiger partial charge on any atom is 0.338 e. The van der Waals surface area contributed by atoms with Gasteiger partial charge in [0.05, 0.1) is 17.3 Å². The van der Waals surface area contributed by atoms with Crippen molar-refractivity contribution in [1.29, 1.82) is 0 Å². The number of halogens is 1. The first-order valence-electron chi connectivity index (χ1n) is 9.15. The first-order valence-corrected chi connectivity index (χ1v) is 10.1. The number of amides is 1. The molecule has 0 spiro atoms. The Balaban J connectivity index is 1.56. The van der Waals surface area contributed by atoms with Crippen LogP contribution in [0, 0.1) is 5.82 Å². The lowest BCUT2D eigenvalue weighted by atomic mass is 10.1. The fourth-order valence-corrected chi connectivity index (χ4v) is 4.45. The molecule has 29 heavy (non-hydrogen) atoms. The smallest absolute Gasteiger partial charge is 0.338 e. The molecule has 6 heteroatoms. The van der Waals surface area contributed by atoms with E-state index in [0.29, 0.717) is 5.75 Å². The standard InChI is InChI=1S/C23H18FNO3S/c24-18-12-10-17(11-13-18)23(27)28-14-22(26)25-19-8-4-5-9-21(19)29-15-20(25)16-6-2-1-3-7-16/h1-13,20H,14-15H2/t20-/m1/s1. The molecule has 0 saturated heterocycles. The van der Waals surface area contributed by atoms with Crippen LogP contribution in [-0.4, -0.2) is 24.2 Å². The summed E-state index contributed by atoms with van der Waals surface area (Å²) < 4.78 is 18.3. The number of thioether (sulfide) groups is 1. The molecule has 146 valence electrons. The van der Waals surface area contributed by atoms with Gasteiger partial charge < -0.3 is 4.74 Å². The minimum absolute atomic E-state index is 0.159. The normalized spacial score (nSPS) is 15.5. The van der Waals surface area contributed by atoms with E-state index < -0.39 is 18.4 Å². The third kappa shape index (κ3) is 4.17. The number of carbonyl (C=O) groups is 2. The van der Waals surface area contributed by atoms with Crippen LogP contribution >= 0.6 is 11.8 Å². The highest BCUT2D eigenvalue weighted by Gasteiger charge is 2.32. The topological polar surface area (TPSA) is 46.6 Å². The third-order valence-corrected chi connectivity index (χ3v) is 5.83. The van der Waals surface area contributed by atoms with Gasteiger partial charge in [-0.05, 0) is 42.0 Å². The van der Waals surface area contributed by atoms with E-state index in [1.807, 2.05) is 54.6 Å². The van der Waals surface area contributed by atoms with E-state index in [2.05, 4.69) is 0 Å². The summed E-state index contributed by atoms with van der Waals surface area (Å²) in [6.07, 6.45) is 0. The lowest BCUT2D eigenvalue weighted by molar-refractivity contribution is -0.122. The summed E-state index contributed by atoms with van der Waals surface area (Å²) in [5.74, 6) is -0.694. The van der Waals surface area contributed by atoms with E-state index in [0.717, 1.165) is 16.1 Å². The molecule has 1 aliphatic rings. The highest BCUT2D eigenvalue weighted by Crippen LogP contribution is 2.43. The summed E-state index contributed by atoms with van der Waals surface area (Å²) in [5.41, 5.74) is 2.03. The van der Waals surface area contributed by atoms with Crippen molar-refractivity contribution in [2.24, 2.45) is 0 Å². The molecule has 4 nitrogen and oxygen atoms in total. The number of hydrogen-bond acceptors (Lipinski definition) is 4. The molecule has 0 unspecified atom stereocenters. The van der Waals surface area contributed by atoms with E-state index >= 15 is 0 Å². The zero-order valence-electron chi connectivity index (χ0n) is 15.5. The molecule has 3 aromatic carbocycles. The van der Waals surface area contributed by atoms with Crippen molar-refractivity contribution in [3.05, 3.63) is 95.8 Å². The first-order chi connectivity index (χ1) is 14.1. The van der Waals surface area contributed by atoms with Gasteiger partial charge in [-0.15, -0.1) is 11.8 Å². The van der Waals surface area contributed by atoms with Gasteiger partial charge in [-0.1, -0.05) is 42.5 Å². The number of para-hydroxylation sites is 1. The Hall–Kier alpha value is -3.12. The highest BCUT2D eigenvalue weighted by molar-refractivity contribution is 7.99. The van der Waals surface area contributed by atoms with Crippen LogP contribution in [0.2, 0.25) is 0 Å². The molecular weight excluding hydrogens is 389 g/mol. The van der Waals surface area contributed by atoms with Crippen LogP contribution in [0.1, 0.15) is 22.0 Å².